The second-order valence-electron chi connectivity index (χ2n) is 7.22. The van der Waals surface area contributed by atoms with Crippen molar-refractivity contribution in [3.05, 3.63) is 59.4 Å². The van der Waals surface area contributed by atoms with Crippen LogP contribution in [0.3, 0.4) is 0 Å². The summed E-state index contributed by atoms with van der Waals surface area (Å²) in [6.07, 6.45) is -1.47. The molecule has 2 aromatic carbocycles. The zero-order valence-corrected chi connectivity index (χ0v) is 16.9. The fraction of sp³-hybridized carbons (Fsp3) is 0.364. The first kappa shape index (κ1) is 24.2. The molecule has 0 spiro atoms. The number of rotatable bonds is 4. The summed E-state index contributed by atoms with van der Waals surface area (Å²) < 4.78 is 51.9. The van der Waals surface area contributed by atoms with E-state index in [1.807, 2.05) is 31.3 Å². The average Bonchev–Trinajstić information content (AvgIpc) is 2.75. The Balaban J connectivity index is 0.00000107. The predicted octanol–water partition coefficient (Wildman–Crippen LogP) is 5.50. The standard InChI is InChI=1S/C21H22F4N2O.CH2O2/c1-26-17-8-5-13(6-9-17)14-3-2-4-15(11-14)20(28)27-19-10-7-16(12-18(19)22)21(23,24)25;2-1-3/h5-10,12,14-15,26H,2-4,11H2,1H3,(H,27,28);1H,(H,2,3). The fourth-order valence-electron chi connectivity index (χ4n) is 3.68. The molecule has 2 aromatic rings. The first-order valence-electron chi connectivity index (χ1n) is 9.72. The second kappa shape index (κ2) is 10.8. The van der Waals surface area contributed by atoms with Crippen molar-refractivity contribution in [2.24, 2.45) is 5.92 Å². The molecule has 0 heterocycles. The van der Waals surface area contributed by atoms with Crippen LogP contribution in [0.25, 0.3) is 0 Å². The Morgan fingerprint density at radius 1 is 1.13 bits per heavy atom. The van der Waals surface area contributed by atoms with Gasteiger partial charge in [0.1, 0.15) is 5.82 Å². The smallest absolute Gasteiger partial charge is 0.416 e. The normalized spacial score (nSPS) is 18.4. The Kier molecular flexibility index (Phi) is 8.41. The molecule has 1 saturated carbocycles. The van der Waals surface area contributed by atoms with Crippen molar-refractivity contribution in [3.63, 3.8) is 0 Å². The number of amides is 1. The van der Waals surface area contributed by atoms with Crippen LogP contribution in [0.5, 0.6) is 0 Å². The molecule has 0 aromatic heterocycles. The zero-order chi connectivity index (χ0) is 23.0. The lowest BCUT2D eigenvalue weighted by atomic mass is 9.77. The van der Waals surface area contributed by atoms with Crippen LogP contribution in [-0.2, 0) is 15.8 Å². The molecule has 1 fully saturated rings. The molecule has 0 saturated heterocycles. The summed E-state index contributed by atoms with van der Waals surface area (Å²) in [5.74, 6) is -1.51. The van der Waals surface area contributed by atoms with Crippen LogP contribution in [-0.4, -0.2) is 24.5 Å². The highest BCUT2D eigenvalue weighted by atomic mass is 19.4. The fourth-order valence-corrected chi connectivity index (χ4v) is 3.68. The Morgan fingerprint density at radius 3 is 2.32 bits per heavy atom. The molecular formula is C22H24F4N2O3. The van der Waals surface area contributed by atoms with Gasteiger partial charge in [0, 0.05) is 18.7 Å². The second-order valence-corrected chi connectivity index (χ2v) is 7.22. The first-order chi connectivity index (χ1) is 14.7. The third kappa shape index (κ3) is 6.70. The quantitative estimate of drug-likeness (QED) is 0.433. The number of carbonyl (C=O) groups is 2. The van der Waals surface area contributed by atoms with Crippen molar-refractivity contribution in [1.29, 1.82) is 0 Å². The Labute approximate surface area is 177 Å². The van der Waals surface area contributed by atoms with Gasteiger partial charge in [-0.15, -0.1) is 0 Å². The lowest BCUT2D eigenvalue weighted by molar-refractivity contribution is -0.137. The van der Waals surface area contributed by atoms with E-state index in [9.17, 15) is 22.4 Å². The molecule has 31 heavy (non-hydrogen) atoms. The van der Waals surface area contributed by atoms with E-state index >= 15 is 0 Å². The molecular weight excluding hydrogens is 416 g/mol. The van der Waals surface area contributed by atoms with Gasteiger partial charge in [0.15, 0.2) is 0 Å². The van der Waals surface area contributed by atoms with Crippen LogP contribution in [0.2, 0.25) is 0 Å². The number of carboxylic acid groups (broad SMARTS) is 1. The van der Waals surface area contributed by atoms with Crippen molar-refractivity contribution < 1.29 is 32.3 Å². The van der Waals surface area contributed by atoms with Crippen molar-refractivity contribution in [2.75, 3.05) is 17.7 Å². The highest BCUT2D eigenvalue weighted by Gasteiger charge is 2.32. The molecule has 168 valence electrons. The van der Waals surface area contributed by atoms with Crippen molar-refractivity contribution in [1.82, 2.24) is 0 Å². The number of hydrogen-bond acceptors (Lipinski definition) is 3. The minimum atomic E-state index is -4.62. The van der Waals surface area contributed by atoms with Crippen LogP contribution in [0, 0.1) is 11.7 Å². The maximum atomic E-state index is 14.0. The lowest BCUT2D eigenvalue weighted by Gasteiger charge is -2.29. The highest BCUT2D eigenvalue weighted by Crippen LogP contribution is 2.37. The third-order valence-electron chi connectivity index (χ3n) is 5.27. The number of hydrogen-bond donors (Lipinski definition) is 3. The zero-order valence-electron chi connectivity index (χ0n) is 16.9. The molecule has 5 nitrogen and oxygen atoms in total. The van der Waals surface area contributed by atoms with Gasteiger partial charge in [0.2, 0.25) is 5.91 Å². The average molecular weight is 440 g/mol. The summed E-state index contributed by atoms with van der Waals surface area (Å²) in [6, 6.07) is 10.2. The topological polar surface area (TPSA) is 78.4 Å². The maximum Gasteiger partial charge on any atom is 0.416 e. The summed E-state index contributed by atoms with van der Waals surface area (Å²) in [5.41, 5.74) is 0.855. The van der Waals surface area contributed by atoms with Gasteiger partial charge in [-0.2, -0.15) is 13.2 Å². The van der Waals surface area contributed by atoms with Crippen LogP contribution in [0.15, 0.2) is 42.5 Å². The van der Waals surface area contributed by atoms with E-state index in [1.165, 1.54) is 0 Å². The molecule has 0 radical (unpaired) electrons. The van der Waals surface area contributed by atoms with E-state index in [0.717, 1.165) is 36.2 Å². The van der Waals surface area contributed by atoms with E-state index < -0.39 is 17.6 Å². The van der Waals surface area contributed by atoms with E-state index in [1.54, 1.807) is 0 Å². The molecule has 2 atom stereocenters. The molecule has 0 aliphatic heterocycles. The highest BCUT2D eigenvalue weighted by molar-refractivity contribution is 5.92. The third-order valence-corrected chi connectivity index (χ3v) is 5.27. The molecule has 3 rings (SSSR count). The number of nitrogens with one attached hydrogen (secondary N) is 2. The van der Waals surface area contributed by atoms with Crippen molar-refractivity contribution in [3.8, 4) is 0 Å². The minimum absolute atomic E-state index is 0.224. The van der Waals surface area contributed by atoms with Gasteiger partial charge in [-0.25, -0.2) is 4.39 Å². The van der Waals surface area contributed by atoms with E-state index in [0.29, 0.717) is 18.9 Å². The van der Waals surface area contributed by atoms with Crippen molar-refractivity contribution in [2.45, 2.75) is 37.8 Å². The van der Waals surface area contributed by atoms with Crippen LogP contribution in [0.1, 0.15) is 42.7 Å². The predicted molar refractivity (Wildman–Crippen MR) is 109 cm³/mol. The minimum Gasteiger partial charge on any atom is -0.483 e. The van der Waals surface area contributed by atoms with Gasteiger partial charge in [0.05, 0.1) is 11.3 Å². The molecule has 3 N–H and O–H groups in total. The van der Waals surface area contributed by atoms with E-state index in [2.05, 4.69) is 10.6 Å². The van der Waals surface area contributed by atoms with Crippen molar-refractivity contribution >= 4 is 23.8 Å². The maximum absolute atomic E-state index is 14.0. The number of carbonyl (C=O) groups excluding carboxylic acids is 1. The summed E-state index contributed by atoms with van der Waals surface area (Å²) in [5, 5.41) is 12.4. The van der Waals surface area contributed by atoms with Gasteiger partial charge in [0.25, 0.3) is 6.47 Å². The summed E-state index contributed by atoms with van der Waals surface area (Å²) >= 11 is 0. The number of halogens is 4. The SMILES string of the molecule is CNc1ccc(C2CCCC(C(=O)Nc3ccc(C(F)(F)F)cc3F)C2)cc1.O=CO. The summed E-state index contributed by atoms with van der Waals surface area (Å²) in [4.78, 5) is 20.9. The monoisotopic (exact) mass is 440 g/mol. The Bertz CT molecular complexity index is 885. The summed E-state index contributed by atoms with van der Waals surface area (Å²) in [6.45, 7) is -0.250. The molecule has 0 bridgehead atoms. The molecule has 1 amide bonds. The Morgan fingerprint density at radius 2 is 1.77 bits per heavy atom. The van der Waals surface area contributed by atoms with Gasteiger partial charge in [-0.05, 0) is 61.1 Å². The summed E-state index contributed by atoms with van der Waals surface area (Å²) in [7, 11) is 1.84. The Hall–Kier alpha value is -3.10. The number of benzene rings is 2. The molecule has 1 aliphatic carbocycles. The van der Waals surface area contributed by atoms with Gasteiger partial charge < -0.3 is 15.7 Å². The molecule has 2 unspecified atom stereocenters. The molecule has 9 heteroatoms. The van der Waals surface area contributed by atoms with Gasteiger partial charge in [-0.1, -0.05) is 18.6 Å². The van der Waals surface area contributed by atoms with Gasteiger partial charge >= 0.3 is 6.18 Å². The van der Waals surface area contributed by atoms with Crippen LogP contribution >= 0.6 is 0 Å². The molecule has 1 aliphatic rings. The van der Waals surface area contributed by atoms with Gasteiger partial charge in [-0.3, -0.25) is 9.59 Å². The number of alkyl halides is 3. The number of anilines is 2. The van der Waals surface area contributed by atoms with Crippen LogP contribution < -0.4 is 10.6 Å². The first-order valence-corrected chi connectivity index (χ1v) is 9.72. The largest absolute Gasteiger partial charge is 0.483 e. The lowest BCUT2D eigenvalue weighted by Crippen LogP contribution is -2.28. The van der Waals surface area contributed by atoms with E-state index in [4.69, 9.17) is 9.90 Å². The van der Waals surface area contributed by atoms with E-state index in [-0.39, 0.29) is 29.9 Å². The van der Waals surface area contributed by atoms with Crippen LogP contribution in [0.4, 0.5) is 28.9 Å².